The van der Waals surface area contributed by atoms with E-state index in [1.165, 1.54) is 6.07 Å². The quantitative estimate of drug-likeness (QED) is 0.856. The van der Waals surface area contributed by atoms with Gasteiger partial charge in [-0.05, 0) is 18.6 Å². The Bertz CT molecular complexity index is 729. The Morgan fingerprint density at radius 1 is 1.11 bits per heavy atom. The van der Waals surface area contributed by atoms with Crippen LogP contribution in [0.15, 0.2) is 17.2 Å². The zero-order valence-corrected chi connectivity index (χ0v) is 12.1. The Kier molecular flexibility index (Phi) is 3.49. The molecule has 2 rings (SSSR count). The fraction of sp³-hybridized carbons (Fsp3) is 0.273. The third-order valence-corrected chi connectivity index (χ3v) is 4.18. The number of hydrogen-bond acceptors (Lipinski definition) is 4. The van der Waals surface area contributed by atoms with Crippen molar-refractivity contribution < 1.29 is 8.42 Å². The van der Waals surface area contributed by atoms with Crippen LogP contribution >= 0.6 is 23.2 Å². The van der Waals surface area contributed by atoms with E-state index in [1.807, 2.05) is 6.92 Å². The summed E-state index contributed by atoms with van der Waals surface area (Å²) in [6, 6.07) is 3.10. The SMILES string of the molecule is CCc1nc2cc(Cl)c(Cl)cc2nc1S(C)(=O)=O. The van der Waals surface area contributed by atoms with Crippen molar-refractivity contribution in [3.63, 3.8) is 0 Å². The molecule has 4 nitrogen and oxygen atoms in total. The van der Waals surface area contributed by atoms with Gasteiger partial charge in [0.15, 0.2) is 14.9 Å². The third kappa shape index (κ3) is 2.43. The number of nitrogens with zero attached hydrogens (tertiary/aromatic N) is 2. The predicted octanol–water partition coefficient (Wildman–Crippen LogP) is 2.90. The van der Waals surface area contributed by atoms with Gasteiger partial charge < -0.3 is 0 Å². The largest absolute Gasteiger partial charge is 0.248 e. The van der Waals surface area contributed by atoms with Gasteiger partial charge in [-0.15, -0.1) is 0 Å². The van der Waals surface area contributed by atoms with Crippen LogP contribution in [-0.4, -0.2) is 24.6 Å². The van der Waals surface area contributed by atoms with Crippen molar-refractivity contribution in [3.05, 3.63) is 27.9 Å². The summed E-state index contributed by atoms with van der Waals surface area (Å²) >= 11 is 11.8. The molecule has 0 saturated carbocycles. The van der Waals surface area contributed by atoms with Gasteiger partial charge in [-0.2, -0.15) is 0 Å². The van der Waals surface area contributed by atoms with Crippen LogP contribution in [0.1, 0.15) is 12.6 Å². The highest BCUT2D eigenvalue weighted by atomic mass is 35.5. The Morgan fingerprint density at radius 2 is 1.61 bits per heavy atom. The minimum atomic E-state index is -3.41. The van der Waals surface area contributed by atoms with Gasteiger partial charge in [0.05, 0.1) is 26.8 Å². The zero-order valence-electron chi connectivity index (χ0n) is 9.74. The van der Waals surface area contributed by atoms with Crippen LogP contribution < -0.4 is 0 Å². The monoisotopic (exact) mass is 304 g/mol. The van der Waals surface area contributed by atoms with Crippen LogP contribution in [0.3, 0.4) is 0 Å². The molecule has 0 bridgehead atoms. The van der Waals surface area contributed by atoms with E-state index in [9.17, 15) is 8.42 Å². The second kappa shape index (κ2) is 4.64. The van der Waals surface area contributed by atoms with Gasteiger partial charge in [-0.3, -0.25) is 0 Å². The topological polar surface area (TPSA) is 59.9 Å². The summed E-state index contributed by atoms with van der Waals surface area (Å²) in [6.07, 6.45) is 1.59. The lowest BCUT2D eigenvalue weighted by Crippen LogP contribution is -2.07. The van der Waals surface area contributed by atoms with Crippen molar-refractivity contribution in [2.45, 2.75) is 18.4 Å². The van der Waals surface area contributed by atoms with Crippen molar-refractivity contribution in [1.29, 1.82) is 0 Å². The fourth-order valence-corrected chi connectivity index (χ4v) is 2.80. The van der Waals surface area contributed by atoms with Crippen LogP contribution in [0.4, 0.5) is 0 Å². The number of aryl methyl sites for hydroxylation is 1. The molecule has 1 aromatic heterocycles. The van der Waals surface area contributed by atoms with Gasteiger partial charge in [-0.1, -0.05) is 30.1 Å². The number of aromatic nitrogens is 2. The standard InChI is InChI=1S/C11H10Cl2N2O2S/c1-3-8-11(18(2,16)17)15-10-5-7(13)6(12)4-9(10)14-8/h4-5H,3H2,1-2H3. The molecule has 0 aliphatic carbocycles. The Labute approximate surface area is 115 Å². The fourth-order valence-electron chi connectivity index (χ4n) is 1.60. The smallest absolute Gasteiger partial charge is 0.194 e. The summed E-state index contributed by atoms with van der Waals surface area (Å²) < 4.78 is 23.3. The van der Waals surface area contributed by atoms with Crippen LogP contribution in [0.5, 0.6) is 0 Å². The summed E-state index contributed by atoms with van der Waals surface area (Å²) in [5.74, 6) is 0. The summed E-state index contributed by atoms with van der Waals surface area (Å²) in [7, 11) is -3.41. The molecule has 96 valence electrons. The van der Waals surface area contributed by atoms with Crippen molar-refractivity contribution in [3.8, 4) is 0 Å². The molecule has 7 heteroatoms. The van der Waals surface area contributed by atoms with Gasteiger partial charge in [0, 0.05) is 6.26 Å². The van der Waals surface area contributed by atoms with E-state index in [4.69, 9.17) is 23.2 Å². The average molecular weight is 305 g/mol. The first-order valence-electron chi connectivity index (χ1n) is 5.18. The maximum Gasteiger partial charge on any atom is 0.194 e. The second-order valence-electron chi connectivity index (χ2n) is 3.86. The maximum atomic E-state index is 11.6. The molecule has 0 aliphatic heterocycles. The molecule has 0 unspecified atom stereocenters. The molecule has 0 atom stereocenters. The average Bonchev–Trinajstić information content (AvgIpc) is 2.28. The van der Waals surface area contributed by atoms with E-state index in [0.717, 1.165) is 6.26 Å². The van der Waals surface area contributed by atoms with Crippen LogP contribution in [0.25, 0.3) is 11.0 Å². The first-order valence-corrected chi connectivity index (χ1v) is 7.83. The van der Waals surface area contributed by atoms with Crippen molar-refractivity contribution in [2.75, 3.05) is 6.26 Å². The molecule has 0 saturated heterocycles. The highest BCUT2D eigenvalue weighted by Gasteiger charge is 2.17. The lowest BCUT2D eigenvalue weighted by atomic mass is 10.2. The molecule has 18 heavy (non-hydrogen) atoms. The Balaban J connectivity index is 2.86. The normalized spacial score (nSPS) is 12.0. The van der Waals surface area contributed by atoms with Crippen LogP contribution in [-0.2, 0) is 16.3 Å². The van der Waals surface area contributed by atoms with E-state index in [0.29, 0.717) is 33.2 Å². The maximum absolute atomic E-state index is 11.6. The molecule has 1 heterocycles. The highest BCUT2D eigenvalue weighted by molar-refractivity contribution is 7.90. The molecule has 0 spiro atoms. The van der Waals surface area contributed by atoms with E-state index in [2.05, 4.69) is 9.97 Å². The van der Waals surface area contributed by atoms with Crippen LogP contribution in [0.2, 0.25) is 10.0 Å². The third-order valence-electron chi connectivity index (χ3n) is 2.43. The Morgan fingerprint density at radius 3 is 2.06 bits per heavy atom. The summed E-state index contributed by atoms with van der Waals surface area (Å²) in [5, 5.41) is 0.686. The molecule has 0 N–H and O–H groups in total. The number of halogens is 2. The summed E-state index contributed by atoms with van der Waals surface area (Å²) in [4.78, 5) is 8.40. The molecular formula is C11H10Cl2N2O2S. The van der Waals surface area contributed by atoms with Crippen molar-refractivity contribution >= 4 is 44.1 Å². The van der Waals surface area contributed by atoms with Crippen molar-refractivity contribution in [2.24, 2.45) is 0 Å². The highest BCUT2D eigenvalue weighted by Crippen LogP contribution is 2.27. The van der Waals surface area contributed by atoms with E-state index in [1.54, 1.807) is 6.07 Å². The van der Waals surface area contributed by atoms with Crippen LogP contribution in [0, 0.1) is 0 Å². The summed E-state index contributed by atoms with van der Waals surface area (Å²) in [6.45, 7) is 1.82. The minimum absolute atomic E-state index is 0.00381. The Hall–Kier alpha value is -0.910. The summed E-state index contributed by atoms with van der Waals surface area (Å²) in [5.41, 5.74) is 1.39. The van der Waals surface area contributed by atoms with Gasteiger partial charge in [-0.25, -0.2) is 18.4 Å². The molecule has 0 radical (unpaired) electrons. The van der Waals surface area contributed by atoms with E-state index < -0.39 is 9.84 Å². The molecule has 0 amide bonds. The van der Waals surface area contributed by atoms with Crippen molar-refractivity contribution in [1.82, 2.24) is 9.97 Å². The van der Waals surface area contributed by atoms with E-state index >= 15 is 0 Å². The van der Waals surface area contributed by atoms with Gasteiger partial charge in [0.25, 0.3) is 0 Å². The van der Waals surface area contributed by atoms with Gasteiger partial charge >= 0.3 is 0 Å². The molecule has 1 aromatic carbocycles. The number of fused-ring (bicyclic) bond motifs is 1. The molecular weight excluding hydrogens is 295 g/mol. The first kappa shape index (κ1) is 13.5. The lowest BCUT2D eigenvalue weighted by Gasteiger charge is -2.07. The molecule has 2 aromatic rings. The number of rotatable bonds is 2. The molecule has 0 aliphatic rings. The van der Waals surface area contributed by atoms with Gasteiger partial charge in [0.2, 0.25) is 0 Å². The van der Waals surface area contributed by atoms with E-state index in [-0.39, 0.29) is 5.03 Å². The minimum Gasteiger partial charge on any atom is -0.248 e. The molecule has 0 fully saturated rings. The lowest BCUT2D eigenvalue weighted by molar-refractivity contribution is 0.596. The first-order chi connectivity index (χ1) is 8.32. The number of hydrogen-bond donors (Lipinski definition) is 0. The number of sulfone groups is 1. The predicted molar refractivity (Wildman–Crippen MR) is 72.0 cm³/mol. The zero-order chi connectivity index (χ0) is 13.5. The van der Waals surface area contributed by atoms with Gasteiger partial charge in [0.1, 0.15) is 0 Å². The second-order valence-corrected chi connectivity index (χ2v) is 6.60. The number of benzene rings is 1.